The third kappa shape index (κ3) is 7.37. The van der Waals surface area contributed by atoms with Crippen LogP contribution in [0.1, 0.15) is 16.7 Å². The molecule has 0 aromatic heterocycles. The van der Waals surface area contributed by atoms with E-state index in [2.05, 4.69) is 5.09 Å². The normalized spacial score (nSPS) is 13.7. The van der Waals surface area contributed by atoms with Gasteiger partial charge in [0, 0.05) is 17.3 Å². The molecule has 176 valence electrons. The number of hydrogen-bond donors (Lipinski definition) is 1. The predicted octanol–water partition coefficient (Wildman–Crippen LogP) is 9.43. The minimum absolute atomic E-state index is 0.373. The summed E-state index contributed by atoms with van der Waals surface area (Å²) < 4.78 is 19.9. The van der Waals surface area contributed by atoms with Gasteiger partial charge in [-0.3, -0.25) is 4.57 Å². The molecule has 0 aliphatic carbocycles. The van der Waals surface area contributed by atoms with Crippen molar-refractivity contribution in [1.82, 2.24) is 0 Å². The maximum atomic E-state index is 14.1. The lowest BCUT2D eigenvalue weighted by Gasteiger charge is -2.16. The molecule has 35 heavy (non-hydrogen) atoms. The number of hydrogen-bond acceptors (Lipinski definition) is 2. The van der Waals surface area contributed by atoms with Gasteiger partial charge in [0.05, 0.1) is 10.1 Å². The van der Waals surface area contributed by atoms with Gasteiger partial charge in [-0.05, 0) is 41.0 Å². The Hall–Kier alpha value is -3.23. The summed E-state index contributed by atoms with van der Waals surface area (Å²) in [6.45, 7) is 0.469. The molecule has 0 saturated heterocycles. The summed E-state index contributed by atoms with van der Waals surface area (Å²) >= 11 is 13.1. The highest BCUT2D eigenvalue weighted by atomic mass is 35.5. The lowest BCUT2D eigenvalue weighted by atomic mass is 10.2. The van der Waals surface area contributed by atoms with E-state index in [1.807, 2.05) is 115 Å². The molecule has 4 aromatic carbocycles. The molecule has 6 heteroatoms. The fourth-order valence-corrected chi connectivity index (χ4v) is 6.20. The van der Waals surface area contributed by atoms with E-state index in [4.69, 9.17) is 27.9 Å². The minimum Gasteiger partial charge on any atom is -0.489 e. The summed E-state index contributed by atoms with van der Waals surface area (Å²) in [6.07, 6.45) is 0. The van der Waals surface area contributed by atoms with Crippen molar-refractivity contribution in [3.05, 3.63) is 144 Å². The first kappa shape index (κ1) is 24.9. The van der Waals surface area contributed by atoms with Gasteiger partial charge in [-0.15, -0.1) is 0 Å². The van der Waals surface area contributed by atoms with Crippen LogP contribution in [0.2, 0.25) is 0 Å². The highest BCUT2D eigenvalue weighted by Gasteiger charge is 2.19. The van der Waals surface area contributed by atoms with Gasteiger partial charge < -0.3 is 9.82 Å². The van der Waals surface area contributed by atoms with Crippen LogP contribution < -0.4 is 9.82 Å². The molecule has 0 aliphatic rings. The van der Waals surface area contributed by atoms with Crippen molar-refractivity contribution >= 4 is 46.2 Å². The maximum Gasteiger partial charge on any atom is 0.216 e. The third-order valence-corrected chi connectivity index (χ3v) is 7.97. The fourth-order valence-electron chi connectivity index (χ4n) is 3.35. The summed E-state index contributed by atoms with van der Waals surface area (Å²) in [5.41, 5.74) is 3.28. The molecule has 0 bridgehead atoms. The van der Waals surface area contributed by atoms with E-state index in [0.717, 1.165) is 16.7 Å². The molecule has 0 fully saturated rings. The van der Waals surface area contributed by atoms with Crippen molar-refractivity contribution < 1.29 is 9.30 Å². The van der Waals surface area contributed by atoms with Gasteiger partial charge in [0.25, 0.3) is 0 Å². The van der Waals surface area contributed by atoms with Crippen LogP contribution in [0.15, 0.2) is 127 Å². The molecule has 4 aromatic rings. The van der Waals surface area contributed by atoms with Crippen LogP contribution in [0.25, 0.3) is 10.1 Å². The second-order valence-corrected chi connectivity index (χ2v) is 10.8. The van der Waals surface area contributed by atoms with Crippen molar-refractivity contribution in [2.45, 2.75) is 6.61 Å². The van der Waals surface area contributed by atoms with Gasteiger partial charge >= 0.3 is 0 Å². The fraction of sp³-hybridized carbons (Fsp3) is 0.0345. The Balaban J connectivity index is 1.58. The molecule has 1 atom stereocenters. The Bertz CT molecular complexity index is 1280. The number of ether oxygens (including phenoxy) is 1. The van der Waals surface area contributed by atoms with Crippen LogP contribution >= 0.6 is 30.5 Å². The largest absolute Gasteiger partial charge is 0.489 e. The first-order chi connectivity index (χ1) is 17.0. The van der Waals surface area contributed by atoms with E-state index in [0.29, 0.717) is 28.1 Å². The second kappa shape index (κ2) is 12.0. The number of halogens is 2. The molecule has 3 nitrogen and oxygen atoms in total. The summed E-state index contributed by atoms with van der Waals surface area (Å²) in [5, 5.41) is 3.88. The smallest absolute Gasteiger partial charge is 0.216 e. The van der Waals surface area contributed by atoms with E-state index in [9.17, 15) is 4.57 Å². The molecule has 0 spiro atoms. The number of anilines is 1. The van der Waals surface area contributed by atoms with E-state index in [-0.39, 0.29) is 0 Å². The quantitative estimate of drug-likeness (QED) is 0.224. The Morgan fingerprint density at radius 1 is 0.686 bits per heavy atom. The van der Waals surface area contributed by atoms with Gasteiger partial charge in [0.2, 0.25) is 7.29 Å². The van der Waals surface area contributed by atoms with Crippen molar-refractivity contribution in [3.8, 4) is 5.75 Å². The molecular weight excluding hydrogens is 496 g/mol. The monoisotopic (exact) mass is 519 g/mol. The van der Waals surface area contributed by atoms with Crippen LogP contribution in [0.4, 0.5) is 5.69 Å². The molecule has 1 unspecified atom stereocenters. The molecule has 0 amide bonds. The zero-order chi connectivity index (χ0) is 24.5. The molecule has 0 heterocycles. The Morgan fingerprint density at radius 2 is 1.14 bits per heavy atom. The molecule has 0 saturated carbocycles. The van der Waals surface area contributed by atoms with E-state index in [1.54, 1.807) is 0 Å². The highest BCUT2D eigenvalue weighted by Crippen LogP contribution is 2.53. The lowest BCUT2D eigenvalue weighted by Crippen LogP contribution is -1.96. The topological polar surface area (TPSA) is 38.3 Å². The molecule has 0 aliphatic heterocycles. The predicted molar refractivity (Wildman–Crippen MR) is 149 cm³/mol. The first-order valence-corrected chi connectivity index (χ1v) is 13.6. The minimum atomic E-state index is -3.34. The van der Waals surface area contributed by atoms with Crippen molar-refractivity contribution in [3.63, 3.8) is 0 Å². The summed E-state index contributed by atoms with van der Waals surface area (Å²) in [5.74, 6) is 3.79. The summed E-state index contributed by atoms with van der Waals surface area (Å²) in [4.78, 5) is 0. The van der Waals surface area contributed by atoms with Crippen LogP contribution in [0.5, 0.6) is 5.75 Å². The summed E-state index contributed by atoms with van der Waals surface area (Å²) in [7, 11) is -3.34. The van der Waals surface area contributed by atoms with Crippen LogP contribution in [-0.4, -0.2) is 0 Å². The first-order valence-electron chi connectivity index (χ1n) is 11.0. The SMILES string of the molecule is O=P(C=C(Cl)c1ccccc1)(/C=C(/Cl)c1ccccc1)Nc1ccc(OCc2ccccc2)cc1. The van der Waals surface area contributed by atoms with Gasteiger partial charge in [0.15, 0.2) is 0 Å². The molecular formula is C29H24Cl2NO2P. The molecule has 1 N–H and O–H groups in total. The average Bonchev–Trinajstić information content (AvgIpc) is 2.89. The van der Waals surface area contributed by atoms with Crippen molar-refractivity contribution in [1.29, 1.82) is 0 Å². The third-order valence-electron chi connectivity index (χ3n) is 5.12. The maximum absolute atomic E-state index is 14.1. The van der Waals surface area contributed by atoms with Crippen LogP contribution in [-0.2, 0) is 11.2 Å². The lowest BCUT2D eigenvalue weighted by molar-refractivity contribution is 0.306. The van der Waals surface area contributed by atoms with E-state index in [1.165, 1.54) is 11.6 Å². The highest BCUT2D eigenvalue weighted by molar-refractivity contribution is 7.72. The number of rotatable bonds is 9. The zero-order valence-electron chi connectivity index (χ0n) is 18.9. The standard InChI is InChI=1S/C29H24Cl2NO2P/c30-28(24-12-6-2-7-13-24)21-35(33,22-29(31)25-14-8-3-9-15-25)32-26-16-18-27(19-17-26)34-20-23-10-4-1-5-11-23/h1-19,21-22H,20H2,(H,32,33)/b28-21+,29-22?. The van der Waals surface area contributed by atoms with Crippen LogP contribution in [0.3, 0.4) is 0 Å². The van der Waals surface area contributed by atoms with Gasteiger partial charge in [0.1, 0.15) is 12.4 Å². The number of benzene rings is 4. The molecule has 4 rings (SSSR count). The Morgan fingerprint density at radius 3 is 1.63 bits per heavy atom. The Labute approximate surface area is 216 Å². The Kier molecular flexibility index (Phi) is 8.50. The van der Waals surface area contributed by atoms with E-state index >= 15 is 0 Å². The zero-order valence-corrected chi connectivity index (χ0v) is 21.3. The number of nitrogens with one attached hydrogen (secondary N) is 1. The van der Waals surface area contributed by atoms with Crippen molar-refractivity contribution in [2.24, 2.45) is 0 Å². The van der Waals surface area contributed by atoms with Gasteiger partial charge in [-0.25, -0.2) is 0 Å². The molecule has 0 radical (unpaired) electrons. The summed E-state index contributed by atoms with van der Waals surface area (Å²) in [6, 6.07) is 36.0. The second-order valence-electron chi connectivity index (χ2n) is 7.81. The average molecular weight is 520 g/mol. The van der Waals surface area contributed by atoms with Gasteiger partial charge in [-0.1, -0.05) is 114 Å². The van der Waals surface area contributed by atoms with E-state index < -0.39 is 7.29 Å². The van der Waals surface area contributed by atoms with Crippen molar-refractivity contribution in [2.75, 3.05) is 5.09 Å². The van der Waals surface area contributed by atoms with Gasteiger partial charge in [-0.2, -0.15) is 0 Å². The van der Waals surface area contributed by atoms with Crippen LogP contribution in [0, 0.1) is 0 Å².